The fourth-order valence-corrected chi connectivity index (χ4v) is 3.94. The monoisotopic (exact) mass is 438 g/mol. The molecule has 7 nitrogen and oxygen atoms in total. The molecule has 0 bridgehead atoms. The van der Waals surface area contributed by atoms with Crippen molar-refractivity contribution >= 4 is 28.9 Å². The second kappa shape index (κ2) is 11.4. The first-order chi connectivity index (χ1) is 15.6. The van der Waals surface area contributed by atoms with Gasteiger partial charge in [-0.2, -0.15) is 0 Å². The summed E-state index contributed by atoms with van der Waals surface area (Å²) in [4.78, 5) is 29.5. The smallest absolute Gasteiger partial charge is 0.253 e. The Morgan fingerprint density at radius 2 is 1.62 bits per heavy atom. The van der Waals surface area contributed by atoms with Gasteiger partial charge >= 0.3 is 0 Å². The number of carbonyl (C=O) groups is 2. The zero-order valence-electron chi connectivity index (χ0n) is 19.3. The lowest BCUT2D eigenvalue weighted by Gasteiger charge is -2.38. The van der Waals surface area contributed by atoms with E-state index < -0.39 is 0 Å². The van der Waals surface area contributed by atoms with Crippen molar-refractivity contribution < 1.29 is 14.3 Å². The lowest BCUT2D eigenvalue weighted by molar-refractivity contribution is -0.116. The van der Waals surface area contributed by atoms with Crippen LogP contribution < -0.4 is 25.2 Å². The number of amides is 2. The zero-order chi connectivity index (χ0) is 22.9. The van der Waals surface area contributed by atoms with E-state index in [1.807, 2.05) is 44.2 Å². The third kappa shape index (κ3) is 5.72. The van der Waals surface area contributed by atoms with Crippen molar-refractivity contribution in [2.24, 2.45) is 0 Å². The molecular weight excluding hydrogens is 404 g/mol. The summed E-state index contributed by atoms with van der Waals surface area (Å²) in [6, 6.07) is 13.7. The highest BCUT2D eigenvalue weighted by molar-refractivity contribution is 6.02. The first kappa shape index (κ1) is 23.4. The molecule has 0 unspecified atom stereocenters. The fourth-order valence-electron chi connectivity index (χ4n) is 3.94. The maximum Gasteiger partial charge on any atom is 0.253 e. The van der Waals surface area contributed by atoms with E-state index in [4.69, 9.17) is 4.74 Å². The van der Waals surface area contributed by atoms with Crippen LogP contribution in [0, 0.1) is 0 Å². The molecule has 0 spiro atoms. The Morgan fingerprint density at radius 3 is 2.28 bits per heavy atom. The summed E-state index contributed by atoms with van der Waals surface area (Å²) in [5.41, 5.74) is 3.23. The minimum Gasteiger partial charge on any atom is -0.495 e. The molecule has 1 fully saturated rings. The summed E-state index contributed by atoms with van der Waals surface area (Å²) >= 11 is 0. The number of piperazine rings is 1. The van der Waals surface area contributed by atoms with Crippen molar-refractivity contribution in [1.29, 1.82) is 0 Å². The first-order valence-corrected chi connectivity index (χ1v) is 11.4. The molecule has 0 aromatic heterocycles. The van der Waals surface area contributed by atoms with E-state index >= 15 is 0 Å². The summed E-state index contributed by atoms with van der Waals surface area (Å²) < 4.78 is 5.52. The normalized spacial score (nSPS) is 13.6. The molecule has 1 heterocycles. The molecular formula is C25H34N4O3. The van der Waals surface area contributed by atoms with Gasteiger partial charge in [0.05, 0.1) is 18.4 Å². The van der Waals surface area contributed by atoms with E-state index in [-0.39, 0.29) is 11.8 Å². The topological polar surface area (TPSA) is 73.9 Å². The average molecular weight is 439 g/mol. The highest BCUT2D eigenvalue weighted by Gasteiger charge is 2.23. The van der Waals surface area contributed by atoms with Gasteiger partial charge in [-0.3, -0.25) is 9.59 Å². The van der Waals surface area contributed by atoms with Gasteiger partial charge in [-0.05, 0) is 43.2 Å². The molecule has 1 saturated heterocycles. The quantitative estimate of drug-likeness (QED) is 0.621. The van der Waals surface area contributed by atoms with Gasteiger partial charge in [-0.15, -0.1) is 0 Å². The van der Waals surface area contributed by atoms with Crippen molar-refractivity contribution in [3.8, 4) is 5.75 Å². The molecule has 0 radical (unpaired) electrons. The predicted octanol–water partition coefficient (Wildman–Crippen LogP) is 3.90. The lowest BCUT2D eigenvalue weighted by atomic mass is 10.1. The number of methoxy groups -OCH3 is 1. The number of hydrogen-bond acceptors (Lipinski definition) is 5. The predicted molar refractivity (Wildman–Crippen MR) is 130 cm³/mol. The van der Waals surface area contributed by atoms with Crippen LogP contribution in [0.2, 0.25) is 0 Å². The molecule has 0 saturated carbocycles. The number of nitrogens with zero attached hydrogens (tertiary/aromatic N) is 2. The second-order valence-corrected chi connectivity index (χ2v) is 7.93. The molecule has 1 aliphatic rings. The molecule has 2 aromatic rings. The van der Waals surface area contributed by atoms with Crippen LogP contribution in [0.1, 0.15) is 43.5 Å². The molecule has 2 amide bonds. The van der Waals surface area contributed by atoms with E-state index in [1.165, 1.54) is 0 Å². The molecule has 2 N–H and O–H groups in total. The molecule has 172 valence electrons. The number of nitrogens with one attached hydrogen (secondary N) is 2. The van der Waals surface area contributed by atoms with Crippen molar-refractivity contribution in [1.82, 2.24) is 5.32 Å². The Hall–Kier alpha value is -3.22. The molecule has 32 heavy (non-hydrogen) atoms. The van der Waals surface area contributed by atoms with Gasteiger partial charge in [0.25, 0.3) is 5.91 Å². The summed E-state index contributed by atoms with van der Waals surface area (Å²) in [6.07, 6.45) is 2.11. The summed E-state index contributed by atoms with van der Waals surface area (Å²) in [6.45, 7) is 7.83. The van der Waals surface area contributed by atoms with Crippen LogP contribution in [0.15, 0.2) is 42.5 Å². The Labute approximate surface area is 190 Å². The number of benzene rings is 2. The molecule has 0 aliphatic carbocycles. The van der Waals surface area contributed by atoms with E-state index in [2.05, 4.69) is 26.5 Å². The molecule has 7 heteroatoms. The Kier molecular flexibility index (Phi) is 8.36. The number of anilines is 3. The van der Waals surface area contributed by atoms with E-state index in [0.717, 1.165) is 56.1 Å². The van der Waals surface area contributed by atoms with Crippen LogP contribution in [0.25, 0.3) is 0 Å². The number of rotatable bonds is 9. The van der Waals surface area contributed by atoms with Crippen molar-refractivity contribution in [3.63, 3.8) is 0 Å². The molecule has 3 rings (SSSR count). The van der Waals surface area contributed by atoms with Gasteiger partial charge in [0.15, 0.2) is 0 Å². The van der Waals surface area contributed by atoms with Crippen molar-refractivity contribution in [2.45, 2.75) is 33.1 Å². The van der Waals surface area contributed by atoms with Crippen LogP contribution in [-0.4, -0.2) is 51.6 Å². The molecule has 0 atom stereocenters. The number of ether oxygens (including phenoxy) is 1. The van der Waals surface area contributed by atoms with Crippen LogP contribution in [-0.2, 0) is 4.79 Å². The highest BCUT2D eigenvalue weighted by Crippen LogP contribution is 2.31. The second-order valence-electron chi connectivity index (χ2n) is 7.93. The Balaban J connectivity index is 1.78. The molecule has 1 aliphatic heterocycles. The summed E-state index contributed by atoms with van der Waals surface area (Å²) in [5, 5.41) is 5.88. The van der Waals surface area contributed by atoms with Gasteiger partial charge in [0, 0.05) is 50.5 Å². The van der Waals surface area contributed by atoms with Crippen molar-refractivity contribution in [3.05, 3.63) is 48.0 Å². The first-order valence-electron chi connectivity index (χ1n) is 11.4. The number of hydrogen-bond donors (Lipinski definition) is 2. The zero-order valence-corrected chi connectivity index (χ0v) is 19.3. The van der Waals surface area contributed by atoms with Crippen LogP contribution in [0.5, 0.6) is 5.75 Å². The van der Waals surface area contributed by atoms with Gasteiger partial charge < -0.3 is 25.2 Å². The van der Waals surface area contributed by atoms with Gasteiger partial charge in [-0.1, -0.05) is 26.0 Å². The Morgan fingerprint density at radius 1 is 0.938 bits per heavy atom. The van der Waals surface area contributed by atoms with Gasteiger partial charge in [0.1, 0.15) is 5.75 Å². The number of para-hydroxylation sites is 2. The minimum absolute atomic E-state index is 0.0365. The van der Waals surface area contributed by atoms with Gasteiger partial charge in [0.2, 0.25) is 5.91 Å². The van der Waals surface area contributed by atoms with Crippen molar-refractivity contribution in [2.75, 3.05) is 55.0 Å². The van der Waals surface area contributed by atoms with E-state index in [9.17, 15) is 9.59 Å². The van der Waals surface area contributed by atoms with Crippen LogP contribution in [0.3, 0.4) is 0 Å². The highest BCUT2D eigenvalue weighted by atomic mass is 16.5. The van der Waals surface area contributed by atoms with Gasteiger partial charge in [-0.25, -0.2) is 0 Å². The third-order valence-electron chi connectivity index (χ3n) is 5.58. The summed E-state index contributed by atoms with van der Waals surface area (Å²) in [7, 11) is 1.69. The van der Waals surface area contributed by atoms with E-state index in [0.29, 0.717) is 24.2 Å². The largest absolute Gasteiger partial charge is 0.495 e. The lowest BCUT2D eigenvalue weighted by Crippen LogP contribution is -2.47. The fraction of sp³-hybridized carbons (Fsp3) is 0.440. The van der Waals surface area contributed by atoms with Crippen LogP contribution >= 0.6 is 0 Å². The number of carbonyl (C=O) groups excluding carboxylic acids is 2. The third-order valence-corrected chi connectivity index (χ3v) is 5.58. The standard InChI is InChI=1S/C25H34N4O3/c1-4-8-24(30)27-19-11-12-21(20(18-19)25(31)26-13-5-2)28-14-16-29(17-15-28)22-9-6-7-10-23(22)32-3/h6-7,9-12,18H,4-5,8,13-17H2,1-3H3,(H,26,31)(H,27,30). The Bertz CT molecular complexity index is 923. The SMILES string of the molecule is CCCNC(=O)c1cc(NC(=O)CCC)ccc1N1CCN(c2ccccc2OC)CC1. The van der Waals surface area contributed by atoms with Crippen LogP contribution in [0.4, 0.5) is 17.1 Å². The minimum atomic E-state index is -0.111. The van der Waals surface area contributed by atoms with E-state index in [1.54, 1.807) is 13.2 Å². The summed E-state index contributed by atoms with van der Waals surface area (Å²) in [5.74, 6) is 0.721. The molecule has 2 aromatic carbocycles. The maximum absolute atomic E-state index is 12.9. The average Bonchev–Trinajstić information content (AvgIpc) is 2.82. The maximum atomic E-state index is 12.9.